The normalized spacial score (nSPS) is 12.4. The Bertz CT molecular complexity index is 323. The fourth-order valence-corrected chi connectivity index (χ4v) is 1.62. The highest BCUT2D eigenvalue weighted by Crippen LogP contribution is 2.12. The fourth-order valence-electron chi connectivity index (χ4n) is 0.941. The topological polar surface area (TPSA) is 92.4 Å². The minimum Gasteiger partial charge on any atom is -0.480 e. The van der Waals surface area contributed by atoms with Gasteiger partial charge in [0, 0.05) is 6.42 Å². The van der Waals surface area contributed by atoms with Gasteiger partial charge in [0.1, 0.15) is 6.04 Å². The summed E-state index contributed by atoms with van der Waals surface area (Å²) in [6.07, 6.45) is -0.133. The molecule has 0 saturated heterocycles. The SMILES string of the molecule is NN[C@@H](CC(=O)c1cccs1)C(=O)O. The van der Waals surface area contributed by atoms with E-state index in [2.05, 4.69) is 5.43 Å². The van der Waals surface area contributed by atoms with Gasteiger partial charge in [-0.2, -0.15) is 0 Å². The number of ketones is 1. The summed E-state index contributed by atoms with van der Waals surface area (Å²) in [6.45, 7) is 0. The largest absolute Gasteiger partial charge is 0.480 e. The fraction of sp³-hybridized carbons (Fsp3) is 0.250. The Balaban J connectivity index is 2.60. The Morgan fingerprint density at radius 3 is 2.79 bits per heavy atom. The quantitative estimate of drug-likeness (QED) is 0.371. The van der Waals surface area contributed by atoms with Crippen LogP contribution in [0.5, 0.6) is 0 Å². The van der Waals surface area contributed by atoms with Crippen LogP contribution in [0.2, 0.25) is 0 Å². The smallest absolute Gasteiger partial charge is 0.322 e. The van der Waals surface area contributed by atoms with Crippen LogP contribution in [0, 0.1) is 0 Å². The molecule has 1 aromatic rings. The lowest BCUT2D eigenvalue weighted by atomic mass is 10.1. The molecular formula is C8H10N2O3S. The Kier molecular flexibility index (Phi) is 3.75. The molecule has 0 aliphatic rings. The summed E-state index contributed by atoms with van der Waals surface area (Å²) in [4.78, 5) is 22.5. The average molecular weight is 214 g/mol. The second-order valence-corrected chi connectivity index (χ2v) is 3.61. The molecule has 1 aromatic heterocycles. The van der Waals surface area contributed by atoms with Gasteiger partial charge in [0.2, 0.25) is 0 Å². The van der Waals surface area contributed by atoms with Gasteiger partial charge >= 0.3 is 5.97 Å². The van der Waals surface area contributed by atoms with E-state index in [-0.39, 0.29) is 12.2 Å². The van der Waals surface area contributed by atoms with E-state index >= 15 is 0 Å². The van der Waals surface area contributed by atoms with Gasteiger partial charge in [-0.1, -0.05) is 6.07 Å². The molecular weight excluding hydrogens is 204 g/mol. The number of nitrogens with one attached hydrogen (secondary N) is 1. The summed E-state index contributed by atoms with van der Waals surface area (Å²) in [5, 5.41) is 10.4. The van der Waals surface area contributed by atoms with Crippen LogP contribution in [0.3, 0.4) is 0 Å². The van der Waals surface area contributed by atoms with Crippen molar-refractivity contribution in [3.63, 3.8) is 0 Å². The number of nitrogens with two attached hydrogens (primary N) is 1. The molecule has 14 heavy (non-hydrogen) atoms. The first-order valence-electron chi connectivity index (χ1n) is 3.90. The number of carbonyl (C=O) groups excluding carboxylic acids is 1. The van der Waals surface area contributed by atoms with Crippen LogP contribution in [-0.4, -0.2) is 22.9 Å². The van der Waals surface area contributed by atoms with Gasteiger partial charge in [-0.05, 0) is 11.4 Å². The zero-order valence-electron chi connectivity index (χ0n) is 7.27. The van der Waals surface area contributed by atoms with Crippen molar-refractivity contribution in [2.24, 2.45) is 5.84 Å². The molecule has 0 saturated carbocycles. The van der Waals surface area contributed by atoms with E-state index in [0.29, 0.717) is 4.88 Å². The van der Waals surface area contributed by atoms with Gasteiger partial charge in [0.15, 0.2) is 5.78 Å². The van der Waals surface area contributed by atoms with Crippen LogP contribution in [0.4, 0.5) is 0 Å². The highest BCUT2D eigenvalue weighted by atomic mass is 32.1. The Morgan fingerprint density at radius 2 is 2.36 bits per heavy atom. The van der Waals surface area contributed by atoms with Crippen molar-refractivity contribution >= 4 is 23.1 Å². The summed E-state index contributed by atoms with van der Waals surface area (Å²) < 4.78 is 0. The minimum atomic E-state index is -1.13. The second-order valence-electron chi connectivity index (χ2n) is 2.66. The molecule has 0 bridgehead atoms. The van der Waals surface area contributed by atoms with Crippen LogP contribution < -0.4 is 11.3 Å². The molecule has 0 spiro atoms. The molecule has 76 valence electrons. The van der Waals surface area contributed by atoms with Crippen molar-refractivity contribution in [1.82, 2.24) is 5.43 Å². The van der Waals surface area contributed by atoms with Gasteiger partial charge in [-0.25, -0.2) is 5.43 Å². The Labute approximate surface area is 84.5 Å². The zero-order valence-corrected chi connectivity index (χ0v) is 8.08. The summed E-state index contributed by atoms with van der Waals surface area (Å²) in [7, 11) is 0. The van der Waals surface area contributed by atoms with Crippen molar-refractivity contribution in [2.45, 2.75) is 12.5 Å². The molecule has 0 aliphatic carbocycles. The number of carbonyl (C=O) groups is 2. The number of rotatable bonds is 5. The summed E-state index contributed by atoms with van der Waals surface area (Å²) in [5.41, 5.74) is 2.08. The lowest BCUT2D eigenvalue weighted by molar-refractivity contribution is -0.139. The van der Waals surface area contributed by atoms with Crippen LogP contribution >= 0.6 is 11.3 Å². The number of carboxylic acids is 1. The van der Waals surface area contributed by atoms with E-state index in [1.54, 1.807) is 17.5 Å². The van der Waals surface area contributed by atoms with Crippen LogP contribution in [-0.2, 0) is 4.79 Å². The number of thiophene rings is 1. The number of aliphatic carboxylic acids is 1. The molecule has 1 rings (SSSR count). The Hall–Kier alpha value is -1.24. The van der Waals surface area contributed by atoms with Gasteiger partial charge in [-0.15, -0.1) is 11.3 Å². The third-order valence-electron chi connectivity index (χ3n) is 1.68. The van der Waals surface area contributed by atoms with Gasteiger partial charge in [0.25, 0.3) is 0 Å². The van der Waals surface area contributed by atoms with Crippen LogP contribution in [0.25, 0.3) is 0 Å². The van der Waals surface area contributed by atoms with Gasteiger partial charge in [-0.3, -0.25) is 15.4 Å². The molecule has 1 heterocycles. The van der Waals surface area contributed by atoms with Crippen LogP contribution in [0.1, 0.15) is 16.1 Å². The first-order valence-corrected chi connectivity index (χ1v) is 4.78. The number of hydrogen-bond acceptors (Lipinski definition) is 5. The van der Waals surface area contributed by atoms with Gasteiger partial charge < -0.3 is 5.11 Å². The molecule has 5 nitrogen and oxygen atoms in total. The lowest BCUT2D eigenvalue weighted by Crippen LogP contribution is -2.42. The zero-order chi connectivity index (χ0) is 10.6. The summed E-state index contributed by atoms with van der Waals surface area (Å²) in [6, 6.07) is 2.37. The van der Waals surface area contributed by atoms with Crippen molar-refractivity contribution in [3.05, 3.63) is 22.4 Å². The molecule has 0 aliphatic heterocycles. The number of carboxylic acid groups (broad SMARTS) is 1. The molecule has 0 fully saturated rings. The third-order valence-corrected chi connectivity index (χ3v) is 2.60. The van der Waals surface area contributed by atoms with E-state index in [0.717, 1.165) is 0 Å². The van der Waals surface area contributed by atoms with Crippen molar-refractivity contribution in [3.8, 4) is 0 Å². The number of hydrogen-bond donors (Lipinski definition) is 3. The molecule has 0 amide bonds. The molecule has 6 heteroatoms. The van der Waals surface area contributed by atoms with Gasteiger partial charge in [0.05, 0.1) is 4.88 Å². The van der Waals surface area contributed by atoms with Crippen molar-refractivity contribution in [1.29, 1.82) is 0 Å². The first-order chi connectivity index (χ1) is 6.65. The number of Topliss-reactive ketones (excluding diaryl/α,β-unsaturated/α-hetero) is 1. The minimum absolute atomic E-state index is 0.133. The maximum Gasteiger partial charge on any atom is 0.322 e. The maximum atomic E-state index is 11.4. The van der Waals surface area contributed by atoms with E-state index in [9.17, 15) is 9.59 Å². The van der Waals surface area contributed by atoms with E-state index in [1.807, 2.05) is 0 Å². The maximum absolute atomic E-state index is 11.4. The summed E-state index contributed by atoms with van der Waals surface area (Å²) >= 11 is 1.28. The van der Waals surface area contributed by atoms with Crippen LogP contribution in [0.15, 0.2) is 17.5 Å². The predicted octanol–water partition coefficient (Wildman–Crippen LogP) is 0.237. The second kappa shape index (κ2) is 4.85. The highest BCUT2D eigenvalue weighted by molar-refractivity contribution is 7.12. The van der Waals surface area contributed by atoms with E-state index < -0.39 is 12.0 Å². The Morgan fingerprint density at radius 1 is 1.64 bits per heavy atom. The monoisotopic (exact) mass is 214 g/mol. The van der Waals surface area contributed by atoms with E-state index in [4.69, 9.17) is 10.9 Å². The molecule has 0 radical (unpaired) electrons. The highest BCUT2D eigenvalue weighted by Gasteiger charge is 2.20. The molecule has 1 atom stereocenters. The van der Waals surface area contributed by atoms with Crippen molar-refractivity contribution < 1.29 is 14.7 Å². The molecule has 0 aromatic carbocycles. The number of hydrazine groups is 1. The first kappa shape index (κ1) is 10.8. The summed E-state index contributed by atoms with van der Waals surface area (Å²) in [5.74, 6) is 3.65. The van der Waals surface area contributed by atoms with E-state index in [1.165, 1.54) is 11.3 Å². The van der Waals surface area contributed by atoms with Crippen molar-refractivity contribution in [2.75, 3.05) is 0 Å². The predicted molar refractivity (Wildman–Crippen MR) is 52.0 cm³/mol. The average Bonchev–Trinajstić information content (AvgIpc) is 2.65. The third kappa shape index (κ3) is 2.63. The lowest BCUT2D eigenvalue weighted by Gasteiger charge is -2.08. The molecule has 0 unspecified atom stereocenters. The molecule has 4 N–H and O–H groups in total. The standard InChI is InChI=1S/C8H10N2O3S/c9-10-5(8(12)13)4-6(11)7-2-1-3-14-7/h1-3,5,10H,4,9H2,(H,12,13)/t5-/m0/s1.